The van der Waals surface area contributed by atoms with Gasteiger partial charge < -0.3 is 9.64 Å². The normalized spacial score (nSPS) is 15.1. The molecule has 0 N–H and O–H groups in total. The summed E-state index contributed by atoms with van der Waals surface area (Å²) in [5, 5.41) is 0. The van der Waals surface area contributed by atoms with Gasteiger partial charge in [0, 0.05) is 17.9 Å². The van der Waals surface area contributed by atoms with Crippen molar-refractivity contribution in [3.8, 4) is 0 Å². The number of carbonyl (C=O) groups excluding carboxylic acids is 2. The zero-order valence-electron chi connectivity index (χ0n) is 12.0. The smallest absolute Gasteiger partial charge is 0.325 e. The summed E-state index contributed by atoms with van der Waals surface area (Å²) in [6, 6.07) is 3.62. The molecule has 1 aromatic rings. The third kappa shape index (κ3) is 3.15. The highest BCUT2D eigenvalue weighted by atomic mass is 16.5. The molecule has 1 fully saturated rings. The fourth-order valence-electron chi connectivity index (χ4n) is 2.65. The number of ether oxygens (including phenoxy) is 1. The van der Waals surface area contributed by atoms with E-state index in [0.717, 1.165) is 25.7 Å². The molecule has 1 aliphatic carbocycles. The van der Waals surface area contributed by atoms with E-state index in [0.29, 0.717) is 11.3 Å². The van der Waals surface area contributed by atoms with Gasteiger partial charge in [0.2, 0.25) is 0 Å². The van der Waals surface area contributed by atoms with Gasteiger partial charge in [-0.1, -0.05) is 12.8 Å². The molecule has 0 bridgehead atoms. The van der Waals surface area contributed by atoms with Crippen LogP contribution in [0.5, 0.6) is 0 Å². The van der Waals surface area contributed by atoms with Crippen LogP contribution < -0.4 is 0 Å². The summed E-state index contributed by atoms with van der Waals surface area (Å²) in [6.45, 7) is 1.81. The molecule has 108 valence electrons. The number of nitrogens with zero attached hydrogens (tertiary/aromatic N) is 2. The molecule has 1 aromatic heterocycles. The minimum Gasteiger partial charge on any atom is -0.468 e. The molecule has 0 aromatic carbocycles. The molecule has 1 heterocycles. The van der Waals surface area contributed by atoms with Crippen LogP contribution in [0.2, 0.25) is 0 Å². The molecule has 2 rings (SSSR count). The number of aryl methyl sites for hydroxylation is 1. The van der Waals surface area contributed by atoms with Gasteiger partial charge in [-0.25, -0.2) is 0 Å². The summed E-state index contributed by atoms with van der Waals surface area (Å²) in [7, 11) is 1.34. The van der Waals surface area contributed by atoms with Crippen LogP contribution in [0.3, 0.4) is 0 Å². The van der Waals surface area contributed by atoms with E-state index in [1.807, 2.05) is 0 Å². The topological polar surface area (TPSA) is 59.5 Å². The summed E-state index contributed by atoms with van der Waals surface area (Å²) in [6.07, 6.45) is 5.75. The van der Waals surface area contributed by atoms with E-state index < -0.39 is 0 Å². The fraction of sp³-hybridized carbons (Fsp3) is 0.533. The van der Waals surface area contributed by atoms with Crippen LogP contribution in [-0.4, -0.2) is 41.5 Å². The molecule has 1 amide bonds. The van der Waals surface area contributed by atoms with Crippen molar-refractivity contribution in [1.82, 2.24) is 9.88 Å². The maximum Gasteiger partial charge on any atom is 0.325 e. The van der Waals surface area contributed by atoms with Crippen molar-refractivity contribution in [2.24, 2.45) is 0 Å². The lowest BCUT2D eigenvalue weighted by molar-refractivity contribution is -0.141. The minimum absolute atomic E-state index is 0.00827. The summed E-state index contributed by atoms with van der Waals surface area (Å²) < 4.78 is 4.71. The van der Waals surface area contributed by atoms with Crippen molar-refractivity contribution in [3.05, 3.63) is 29.6 Å². The molecule has 0 atom stereocenters. The average Bonchev–Trinajstić information content (AvgIpc) is 2.98. The predicted molar refractivity (Wildman–Crippen MR) is 74.3 cm³/mol. The Morgan fingerprint density at radius 2 is 2.10 bits per heavy atom. The molecule has 0 aliphatic heterocycles. The number of pyridine rings is 1. The first-order chi connectivity index (χ1) is 9.63. The Morgan fingerprint density at radius 3 is 2.70 bits per heavy atom. The van der Waals surface area contributed by atoms with Crippen LogP contribution in [0.25, 0.3) is 0 Å². The van der Waals surface area contributed by atoms with E-state index in [4.69, 9.17) is 4.74 Å². The van der Waals surface area contributed by atoms with E-state index in [-0.39, 0.29) is 24.5 Å². The number of carbonyl (C=O) groups is 2. The first kappa shape index (κ1) is 14.5. The van der Waals surface area contributed by atoms with Gasteiger partial charge >= 0.3 is 5.97 Å². The highest BCUT2D eigenvalue weighted by Crippen LogP contribution is 2.25. The molecule has 0 saturated heterocycles. The molecule has 5 nitrogen and oxygen atoms in total. The van der Waals surface area contributed by atoms with Gasteiger partial charge in [-0.3, -0.25) is 14.6 Å². The molecule has 0 spiro atoms. The monoisotopic (exact) mass is 276 g/mol. The third-order valence-electron chi connectivity index (χ3n) is 3.79. The molecule has 20 heavy (non-hydrogen) atoms. The number of hydrogen-bond donors (Lipinski definition) is 0. The number of aromatic nitrogens is 1. The van der Waals surface area contributed by atoms with Crippen molar-refractivity contribution in [2.75, 3.05) is 13.7 Å². The van der Waals surface area contributed by atoms with Crippen molar-refractivity contribution in [1.29, 1.82) is 0 Å². The zero-order chi connectivity index (χ0) is 14.5. The Bertz CT molecular complexity index is 496. The Balaban J connectivity index is 2.23. The van der Waals surface area contributed by atoms with Crippen LogP contribution in [0, 0.1) is 6.92 Å². The van der Waals surface area contributed by atoms with Crippen LogP contribution in [-0.2, 0) is 9.53 Å². The Morgan fingerprint density at radius 1 is 1.40 bits per heavy atom. The van der Waals surface area contributed by atoms with Gasteiger partial charge in [0.15, 0.2) is 0 Å². The minimum atomic E-state index is -0.383. The van der Waals surface area contributed by atoms with Gasteiger partial charge in [-0.05, 0) is 31.9 Å². The standard InChI is InChI=1S/C15H20N2O3/c1-11-13(8-5-9-16-11)15(19)17(10-14(18)20-2)12-6-3-4-7-12/h5,8-9,12H,3-4,6-7,10H2,1-2H3. The zero-order valence-corrected chi connectivity index (χ0v) is 12.0. The second-order valence-electron chi connectivity index (χ2n) is 5.08. The molecular weight excluding hydrogens is 256 g/mol. The Kier molecular flexibility index (Phi) is 4.71. The Hall–Kier alpha value is -1.91. The van der Waals surface area contributed by atoms with Gasteiger partial charge in [0.05, 0.1) is 12.7 Å². The van der Waals surface area contributed by atoms with Gasteiger partial charge in [-0.2, -0.15) is 0 Å². The maximum absolute atomic E-state index is 12.7. The summed E-state index contributed by atoms with van der Waals surface area (Å²) in [5.41, 5.74) is 1.24. The van der Waals surface area contributed by atoms with E-state index in [1.54, 1.807) is 30.2 Å². The van der Waals surface area contributed by atoms with Crippen LogP contribution in [0.15, 0.2) is 18.3 Å². The van der Waals surface area contributed by atoms with Gasteiger partial charge in [0.25, 0.3) is 5.91 Å². The van der Waals surface area contributed by atoms with Crippen molar-refractivity contribution < 1.29 is 14.3 Å². The Labute approximate surface area is 118 Å². The lowest BCUT2D eigenvalue weighted by Crippen LogP contribution is -2.42. The lowest BCUT2D eigenvalue weighted by atomic mass is 10.1. The largest absolute Gasteiger partial charge is 0.468 e. The lowest BCUT2D eigenvalue weighted by Gasteiger charge is -2.28. The number of rotatable bonds is 4. The molecule has 1 aliphatic rings. The van der Waals surface area contributed by atoms with Crippen LogP contribution >= 0.6 is 0 Å². The highest BCUT2D eigenvalue weighted by molar-refractivity contribution is 5.97. The van der Waals surface area contributed by atoms with Gasteiger partial charge in [0.1, 0.15) is 6.54 Å². The van der Waals surface area contributed by atoms with E-state index in [1.165, 1.54) is 7.11 Å². The van der Waals surface area contributed by atoms with Crippen LogP contribution in [0.4, 0.5) is 0 Å². The highest BCUT2D eigenvalue weighted by Gasteiger charge is 2.30. The van der Waals surface area contributed by atoms with Crippen LogP contribution in [0.1, 0.15) is 41.7 Å². The van der Waals surface area contributed by atoms with E-state index in [9.17, 15) is 9.59 Å². The SMILES string of the molecule is COC(=O)CN(C(=O)c1cccnc1C)C1CCCC1. The third-order valence-corrected chi connectivity index (χ3v) is 3.79. The molecule has 1 saturated carbocycles. The van der Waals surface area contributed by atoms with Crippen molar-refractivity contribution >= 4 is 11.9 Å². The number of hydrogen-bond acceptors (Lipinski definition) is 4. The fourth-order valence-corrected chi connectivity index (χ4v) is 2.65. The second-order valence-corrected chi connectivity index (χ2v) is 5.08. The first-order valence-electron chi connectivity index (χ1n) is 6.93. The molecule has 5 heteroatoms. The van der Waals surface area contributed by atoms with Gasteiger partial charge in [-0.15, -0.1) is 0 Å². The quantitative estimate of drug-likeness (QED) is 0.789. The molecule has 0 unspecified atom stereocenters. The number of esters is 1. The van der Waals surface area contributed by atoms with E-state index >= 15 is 0 Å². The summed E-state index contributed by atoms with van der Waals surface area (Å²) >= 11 is 0. The average molecular weight is 276 g/mol. The number of amides is 1. The molecular formula is C15H20N2O3. The summed E-state index contributed by atoms with van der Waals surface area (Å²) in [4.78, 5) is 30.0. The summed E-state index contributed by atoms with van der Waals surface area (Å²) in [5.74, 6) is -0.514. The predicted octanol–water partition coefficient (Wildman–Crippen LogP) is 1.95. The van der Waals surface area contributed by atoms with Crippen molar-refractivity contribution in [3.63, 3.8) is 0 Å². The number of methoxy groups -OCH3 is 1. The van der Waals surface area contributed by atoms with Crippen molar-refractivity contribution in [2.45, 2.75) is 38.6 Å². The first-order valence-corrected chi connectivity index (χ1v) is 6.93. The van der Waals surface area contributed by atoms with E-state index in [2.05, 4.69) is 4.98 Å². The molecule has 0 radical (unpaired) electrons. The second kappa shape index (κ2) is 6.50. The maximum atomic E-state index is 12.7.